The molecule has 0 saturated heterocycles. The highest BCUT2D eigenvalue weighted by Crippen LogP contribution is 2.17. The molecule has 0 atom stereocenters. The Morgan fingerprint density at radius 1 is 1.21 bits per heavy atom. The Morgan fingerprint density at radius 3 is 2.79 bits per heavy atom. The van der Waals surface area contributed by atoms with Gasteiger partial charge in [0.1, 0.15) is 0 Å². The van der Waals surface area contributed by atoms with Crippen LogP contribution in [0, 0.1) is 6.92 Å². The molecule has 3 aromatic rings. The fourth-order valence-electron chi connectivity index (χ4n) is 1.97. The van der Waals surface area contributed by atoms with E-state index in [1.807, 2.05) is 30.6 Å². The molecule has 0 spiro atoms. The zero-order valence-corrected chi connectivity index (χ0v) is 11.5. The van der Waals surface area contributed by atoms with Crippen molar-refractivity contribution in [3.8, 4) is 5.69 Å². The number of nitrogens with one attached hydrogen (secondary N) is 1. The summed E-state index contributed by atoms with van der Waals surface area (Å²) < 4.78 is 2.06. The zero-order valence-electron chi connectivity index (χ0n) is 10.7. The summed E-state index contributed by atoms with van der Waals surface area (Å²) in [6, 6.07) is 10.2. The minimum Gasteiger partial charge on any atom is -0.351 e. The average molecular weight is 269 g/mol. The second kappa shape index (κ2) is 5.28. The van der Waals surface area contributed by atoms with Gasteiger partial charge in [-0.2, -0.15) is 11.3 Å². The summed E-state index contributed by atoms with van der Waals surface area (Å²) in [5.41, 5.74) is 3.77. The fourth-order valence-corrected chi connectivity index (χ4v) is 2.83. The van der Waals surface area contributed by atoms with Crippen molar-refractivity contribution in [1.82, 2.24) is 9.55 Å². The molecule has 0 unspecified atom stereocenters. The second-order valence-corrected chi connectivity index (χ2v) is 5.13. The van der Waals surface area contributed by atoms with Gasteiger partial charge in [0, 0.05) is 24.6 Å². The number of hydrogen-bond acceptors (Lipinski definition) is 3. The smallest absolute Gasteiger partial charge is 0.207 e. The van der Waals surface area contributed by atoms with Crippen LogP contribution in [0.5, 0.6) is 0 Å². The van der Waals surface area contributed by atoms with Crippen molar-refractivity contribution < 1.29 is 0 Å². The molecule has 0 aliphatic heterocycles. The van der Waals surface area contributed by atoms with Crippen molar-refractivity contribution in [1.29, 1.82) is 0 Å². The maximum absolute atomic E-state index is 4.38. The Morgan fingerprint density at radius 2 is 2.05 bits per heavy atom. The number of para-hydroxylation sites is 1. The molecule has 2 heterocycles. The average Bonchev–Trinajstić information content (AvgIpc) is 3.06. The first-order valence-electron chi connectivity index (χ1n) is 6.19. The van der Waals surface area contributed by atoms with Gasteiger partial charge in [-0.25, -0.2) is 4.98 Å². The minimum absolute atomic E-state index is 0.805. The van der Waals surface area contributed by atoms with E-state index in [2.05, 4.69) is 44.7 Å². The number of hydrogen-bond donors (Lipinski definition) is 1. The Labute approximate surface area is 116 Å². The third kappa shape index (κ3) is 2.53. The Balaban J connectivity index is 1.80. The topological polar surface area (TPSA) is 29.9 Å². The minimum atomic E-state index is 0.805. The molecular formula is C15H15N3S. The third-order valence-corrected chi connectivity index (χ3v) is 3.98. The third-order valence-electron chi connectivity index (χ3n) is 3.07. The fraction of sp³-hybridized carbons (Fsp3) is 0.133. The van der Waals surface area contributed by atoms with Gasteiger partial charge in [-0.05, 0) is 40.9 Å². The molecule has 0 radical (unpaired) electrons. The SMILES string of the molecule is Cc1cscc1CNc1nccn1-c1ccccc1. The van der Waals surface area contributed by atoms with E-state index >= 15 is 0 Å². The first-order chi connectivity index (χ1) is 9.34. The molecule has 19 heavy (non-hydrogen) atoms. The highest BCUT2D eigenvalue weighted by molar-refractivity contribution is 7.08. The van der Waals surface area contributed by atoms with Gasteiger partial charge in [0.15, 0.2) is 0 Å². The van der Waals surface area contributed by atoms with Gasteiger partial charge < -0.3 is 5.32 Å². The molecule has 96 valence electrons. The van der Waals surface area contributed by atoms with Crippen molar-refractivity contribution in [3.63, 3.8) is 0 Å². The van der Waals surface area contributed by atoms with E-state index in [-0.39, 0.29) is 0 Å². The van der Waals surface area contributed by atoms with Gasteiger partial charge in [-0.15, -0.1) is 0 Å². The number of anilines is 1. The Bertz CT molecular complexity index is 655. The monoisotopic (exact) mass is 269 g/mol. The number of aryl methyl sites for hydroxylation is 1. The van der Waals surface area contributed by atoms with Crippen LogP contribution in [0.3, 0.4) is 0 Å². The van der Waals surface area contributed by atoms with Gasteiger partial charge in [0.25, 0.3) is 0 Å². The van der Waals surface area contributed by atoms with Crippen LogP contribution in [0.4, 0.5) is 5.95 Å². The number of imidazole rings is 1. The molecule has 0 amide bonds. The quantitative estimate of drug-likeness (QED) is 0.779. The predicted molar refractivity (Wildman–Crippen MR) is 79.9 cm³/mol. The standard InChI is InChI=1S/C15H15N3S/c1-12-10-19-11-13(12)9-17-15-16-7-8-18(15)14-5-3-2-4-6-14/h2-8,10-11H,9H2,1H3,(H,16,17). The molecule has 0 aliphatic carbocycles. The predicted octanol–water partition coefficient (Wildman–Crippen LogP) is 3.85. The molecule has 2 aromatic heterocycles. The van der Waals surface area contributed by atoms with Crippen molar-refractivity contribution in [2.24, 2.45) is 0 Å². The van der Waals surface area contributed by atoms with Crippen LogP contribution >= 0.6 is 11.3 Å². The lowest BCUT2D eigenvalue weighted by atomic mass is 10.2. The summed E-state index contributed by atoms with van der Waals surface area (Å²) >= 11 is 1.74. The first kappa shape index (κ1) is 12.0. The van der Waals surface area contributed by atoms with Crippen molar-refractivity contribution in [2.75, 3.05) is 5.32 Å². The molecular weight excluding hydrogens is 254 g/mol. The van der Waals surface area contributed by atoms with Crippen LogP contribution in [0.1, 0.15) is 11.1 Å². The number of aromatic nitrogens is 2. The highest BCUT2D eigenvalue weighted by Gasteiger charge is 2.05. The van der Waals surface area contributed by atoms with E-state index in [4.69, 9.17) is 0 Å². The van der Waals surface area contributed by atoms with Gasteiger partial charge in [-0.3, -0.25) is 4.57 Å². The van der Waals surface area contributed by atoms with E-state index in [0.29, 0.717) is 0 Å². The largest absolute Gasteiger partial charge is 0.351 e. The van der Waals surface area contributed by atoms with E-state index in [9.17, 15) is 0 Å². The number of rotatable bonds is 4. The molecule has 4 heteroatoms. The van der Waals surface area contributed by atoms with E-state index < -0.39 is 0 Å². The number of benzene rings is 1. The second-order valence-electron chi connectivity index (χ2n) is 4.39. The molecule has 0 aliphatic rings. The number of nitrogens with zero attached hydrogens (tertiary/aromatic N) is 2. The van der Waals surface area contributed by atoms with E-state index in [1.165, 1.54) is 11.1 Å². The molecule has 3 nitrogen and oxygen atoms in total. The lowest BCUT2D eigenvalue weighted by molar-refractivity contribution is 1.00. The lowest BCUT2D eigenvalue weighted by Gasteiger charge is -2.09. The maximum atomic E-state index is 4.38. The van der Waals surface area contributed by atoms with Crippen LogP contribution in [0.25, 0.3) is 5.69 Å². The molecule has 0 bridgehead atoms. The van der Waals surface area contributed by atoms with Crippen molar-refractivity contribution in [3.05, 3.63) is 64.6 Å². The lowest BCUT2D eigenvalue weighted by Crippen LogP contribution is -2.06. The highest BCUT2D eigenvalue weighted by atomic mass is 32.1. The summed E-state index contributed by atoms with van der Waals surface area (Å²) in [7, 11) is 0. The molecule has 0 saturated carbocycles. The van der Waals surface area contributed by atoms with Gasteiger partial charge >= 0.3 is 0 Å². The van der Waals surface area contributed by atoms with Gasteiger partial charge in [-0.1, -0.05) is 18.2 Å². The molecule has 3 rings (SSSR count). The molecule has 1 aromatic carbocycles. The number of thiophene rings is 1. The molecule has 1 N–H and O–H groups in total. The summed E-state index contributed by atoms with van der Waals surface area (Å²) in [5, 5.41) is 7.74. The van der Waals surface area contributed by atoms with Crippen LogP contribution in [-0.4, -0.2) is 9.55 Å². The summed E-state index contributed by atoms with van der Waals surface area (Å²) in [5.74, 6) is 0.872. The van der Waals surface area contributed by atoms with Crippen molar-refractivity contribution in [2.45, 2.75) is 13.5 Å². The van der Waals surface area contributed by atoms with Crippen LogP contribution in [-0.2, 0) is 6.54 Å². The zero-order chi connectivity index (χ0) is 13.1. The van der Waals surface area contributed by atoms with Crippen LogP contribution < -0.4 is 5.32 Å². The summed E-state index contributed by atoms with van der Waals surface area (Å²) in [6.07, 6.45) is 3.79. The Hall–Kier alpha value is -2.07. The first-order valence-corrected chi connectivity index (χ1v) is 7.13. The van der Waals surface area contributed by atoms with E-state index in [1.54, 1.807) is 11.3 Å². The van der Waals surface area contributed by atoms with Crippen LogP contribution in [0.2, 0.25) is 0 Å². The normalized spacial score (nSPS) is 10.6. The summed E-state index contributed by atoms with van der Waals surface area (Å²) in [4.78, 5) is 4.38. The van der Waals surface area contributed by atoms with Gasteiger partial charge in [0.2, 0.25) is 5.95 Å². The van der Waals surface area contributed by atoms with Gasteiger partial charge in [0.05, 0.1) is 0 Å². The van der Waals surface area contributed by atoms with Crippen molar-refractivity contribution >= 4 is 17.3 Å². The van der Waals surface area contributed by atoms with E-state index in [0.717, 1.165) is 18.2 Å². The summed E-state index contributed by atoms with van der Waals surface area (Å²) in [6.45, 7) is 2.94. The molecule has 0 fully saturated rings. The Kier molecular flexibility index (Phi) is 3.33. The maximum Gasteiger partial charge on any atom is 0.207 e. The van der Waals surface area contributed by atoms with Crippen LogP contribution in [0.15, 0.2) is 53.5 Å².